The third-order valence-electron chi connectivity index (χ3n) is 3.73. The van der Waals surface area contributed by atoms with E-state index in [0.29, 0.717) is 0 Å². The zero-order chi connectivity index (χ0) is 13.7. The Morgan fingerprint density at radius 3 is 2.74 bits per heavy atom. The van der Waals surface area contributed by atoms with Gasteiger partial charge in [0.05, 0.1) is 0 Å². The molecule has 0 spiro atoms. The van der Waals surface area contributed by atoms with Crippen molar-refractivity contribution in [3.05, 3.63) is 10.8 Å². The van der Waals surface area contributed by atoms with E-state index in [9.17, 15) is 0 Å². The van der Waals surface area contributed by atoms with Gasteiger partial charge in [-0.3, -0.25) is 0 Å². The lowest BCUT2D eigenvalue weighted by atomic mass is 9.89. The van der Waals surface area contributed by atoms with Crippen LogP contribution in [0, 0.1) is 5.92 Å². The molecule has 1 aromatic rings. The molecule has 4 nitrogen and oxygen atoms in total. The van der Waals surface area contributed by atoms with Crippen LogP contribution in [0.4, 0.5) is 11.6 Å². The fraction of sp³-hybridized carbons (Fsp3) is 0.714. The Kier molecular flexibility index (Phi) is 5.43. The van der Waals surface area contributed by atoms with E-state index in [1.54, 1.807) is 6.33 Å². The summed E-state index contributed by atoms with van der Waals surface area (Å²) in [6, 6.07) is 0. The minimum atomic E-state index is 0.809. The summed E-state index contributed by atoms with van der Waals surface area (Å²) in [5.41, 5.74) is 0. The van der Waals surface area contributed by atoms with Crippen molar-refractivity contribution < 1.29 is 0 Å². The van der Waals surface area contributed by atoms with Crippen molar-refractivity contribution in [3.63, 3.8) is 0 Å². The zero-order valence-electron chi connectivity index (χ0n) is 11.8. The highest BCUT2D eigenvalue weighted by molar-refractivity contribution is 9.10. The third-order valence-corrected chi connectivity index (χ3v) is 4.46. The number of rotatable bonds is 5. The van der Waals surface area contributed by atoms with E-state index >= 15 is 0 Å². The summed E-state index contributed by atoms with van der Waals surface area (Å²) in [5, 5.41) is 3.25. The Hall–Kier alpha value is -0.840. The zero-order valence-corrected chi connectivity index (χ0v) is 13.4. The van der Waals surface area contributed by atoms with Gasteiger partial charge in [0.1, 0.15) is 22.4 Å². The monoisotopic (exact) mass is 326 g/mol. The molecule has 1 N–H and O–H groups in total. The maximum atomic E-state index is 4.41. The number of nitrogens with one attached hydrogen (secondary N) is 1. The molecule has 0 bridgehead atoms. The summed E-state index contributed by atoms with van der Waals surface area (Å²) < 4.78 is 0.968. The topological polar surface area (TPSA) is 41.1 Å². The first kappa shape index (κ1) is 14.6. The summed E-state index contributed by atoms with van der Waals surface area (Å²) in [6.45, 7) is 4.02. The number of halogens is 1. The van der Waals surface area contributed by atoms with E-state index in [-0.39, 0.29) is 0 Å². The normalized spacial score (nSPS) is 16.4. The highest BCUT2D eigenvalue weighted by Gasteiger charge is 2.18. The molecule has 1 saturated carbocycles. The first-order valence-corrected chi connectivity index (χ1v) is 7.97. The first-order chi connectivity index (χ1) is 9.22. The predicted molar refractivity (Wildman–Crippen MR) is 83.7 cm³/mol. The molecule has 0 aliphatic heterocycles. The summed E-state index contributed by atoms with van der Waals surface area (Å²) in [5.74, 6) is 2.67. The van der Waals surface area contributed by atoms with Gasteiger partial charge < -0.3 is 10.2 Å². The van der Waals surface area contributed by atoms with Crippen LogP contribution in [0.25, 0.3) is 0 Å². The van der Waals surface area contributed by atoms with E-state index in [1.807, 2.05) is 0 Å². The molecule has 5 heteroatoms. The van der Waals surface area contributed by atoms with Crippen LogP contribution in [0.2, 0.25) is 0 Å². The van der Waals surface area contributed by atoms with E-state index in [1.165, 1.54) is 32.1 Å². The Labute approximate surface area is 124 Å². The Morgan fingerprint density at radius 2 is 2.05 bits per heavy atom. The highest BCUT2D eigenvalue weighted by atomic mass is 79.9. The second-order valence-electron chi connectivity index (χ2n) is 5.27. The van der Waals surface area contributed by atoms with Crippen LogP contribution in [0.1, 0.15) is 39.0 Å². The van der Waals surface area contributed by atoms with Gasteiger partial charge in [-0.1, -0.05) is 19.3 Å². The molecule has 2 rings (SSSR count). The van der Waals surface area contributed by atoms with Crippen molar-refractivity contribution in [2.45, 2.75) is 39.0 Å². The average molecular weight is 327 g/mol. The Balaban J connectivity index is 2.05. The molecule has 1 aliphatic rings. The molecule has 19 heavy (non-hydrogen) atoms. The van der Waals surface area contributed by atoms with Gasteiger partial charge in [0.2, 0.25) is 0 Å². The van der Waals surface area contributed by atoms with Gasteiger partial charge in [-0.25, -0.2) is 9.97 Å². The molecule has 1 fully saturated rings. The van der Waals surface area contributed by atoms with Crippen LogP contribution in [-0.2, 0) is 0 Å². The van der Waals surface area contributed by atoms with E-state index < -0.39 is 0 Å². The number of nitrogens with zero attached hydrogens (tertiary/aromatic N) is 3. The van der Waals surface area contributed by atoms with E-state index in [2.05, 4.69) is 50.1 Å². The van der Waals surface area contributed by atoms with Crippen LogP contribution >= 0.6 is 15.9 Å². The first-order valence-electron chi connectivity index (χ1n) is 7.18. The van der Waals surface area contributed by atoms with Crippen molar-refractivity contribution in [2.75, 3.05) is 30.4 Å². The van der Waals surface area contributed by atoms with Crippen LogP contribution in [-0.4, -0.2) is 30.1 Å². The quantitative estimate of drug-likeness (QED) is 0.895. The number of hydrogen-bond donors (Lipinski definition) is 1. The fourth-order valence-electron chi connectivity index (χ4n) is 2.76. The van der Waals surface area contributed by atoms with Gasteiger partial charge in [0.25, 0.3) is 0 Å². The molecule has 0 amide bonds. The largest absolute Gasteiger partial charge is 0.369 e. The Bertz CT molecular complexity index is 404. The predicted octanol–water partition coefficient (Wildman–Crippen LogP) is 3.69. The molecule has 0 aromatic carbocycles. The molecule has 0 saturated heterocycles. The minimum Gasteiger partial charge on any atom is -0.369 e. The summed E-state index contributed by atoms with van der Waals surface area (Å²) in [7, 11) is 2.12. The summed E-state index contributed by atoms with van der Waals surface area (Å²) >= 11 is 3.62. The lowest BCUT2D eigenvalue weighted by molar-refractivity contribution is 0.361. The van der Waals surface area contributed by atoms with Crippen LogP contribution in [0.5, 0.6) is 0 Å². The van der Waals surface area contributed by atoms with Gasteiger partial charge in [0, 0.05) is 20.1 Å². The molecule has 0 unspecified atom stereocenters. The Morgan fingerprint density at radius 1 is 1.32 bits per heavy atom. The van der Waals surface area contributed by atoms with Crippen molar-refractivity contribution in [2.24, 2.45) is 5.92 Å². The standard InChI is InChI=1S/C14H23BrN4/c1-3-16-13-12(15)14(18-10-17-13)19(2)9-11-7-5-4-6-8-11/h10-11H,3-9H2,1-2H3,(H,16,17,18). The second-order valence-corrected chi connectivity index (χ2v) is 6.07. The molecule has 1 aromatic heterocycles. The molecule has 0 radical (unpaired) electrons. The second kappa shape index (κ2) is 7.08. The van der Waals surface area contributed by atoms with Gasteiger partial charge in [-0.2, -0.15) is 0 Å². The van der Waals surface area contributed by atoms with Crippen LogP contribution in [0.15, 0.2) is 10.8 Å². The molecule has 1 heterocycles. The van der Waals surface area contributed by atoms with Gasteiger partial charge in [-0.15, -0.1) is 0 Å². The molecular weight excluding hydrogens is 304 g/mol. The third kappa shape index (κ3) is 3.81. The highest BCUT2D eigenvalue weighted by Crippen LogP contribution is 2.31. The fourth-order valence-corrected chi connectivity index (χ4v) is 3.41. The molecule has 0 atom stereocenters. The smallest absolute Gasteiger partial charge is 0.148 e. The maximum absolute atomic E-state index is 4.41. The van der Waals surface area contributed by atoms with Crippen LogP contribution < -0.4 is 10.2 Å². The molecular formula is C14H23BrN4. The van der Waals surface area contributed by atoms with Crippen molar-refractivity contribution in [1.82, 2.24) is 9.97 Å². The van der Waals surface area contributed by atoms with Crippen molar-refractivity contribution >= 4 is 27.6 Å². The van der Waals surface area contributed by atoms with Crippen LogP contribution in [0.3, 0.4) is 0 Å². The lowest BCUT2D eigenvalue weighted by Gasteiger charge is -2.28. The van der Waals surface area contributed by atoms with Gasteiger partial charge in [0.15, 0.2) is 0 Å². The van der Waals surface area contributed by atoms with E-state index in [4.69, 9.17) is 0 Å². The number of anilines is 2. The lowest BCUT2D eigenvalue weighted by Crippen LogP contribution is -2.28. The van der Waals surface area contributed by atoms with Gasteiger partial charge in [-0.05, 0) is 41.6 Å². The van der Waals surface area contributed by atoms with Crippen molar-refractivity contribution in [3.8, 4) is 0 Å². The molecule has 106 valence electrons. The maximum Gasteiger partial charge on any atom is 0.148 e. The minimum absolute atomic E-state index is 0.809. The number of aromatic nitrogens is 2. The summed E-state index contributed by atoms with van der Waals surface area (Å²) in [6.07, 6.45) is 8.51. The van der Waals surface area contributed by atoms with E-state index in [0.717, 1.165) is 35.1 Å². The van der Waals surface area contributed by atoms with Gasteiger partial charge >= 0.3 is 0 Å². The number of hydrogen-bond acceptors (Lipinski definition) is 4. The average Bonchev–Trinajstić information content (AvgIpc) is 2.42. The molecule has 1 aliphatic carbocycles. The SMILES string of the molecule is CCNc1ncnc(N(C)CC2CCCCC2)c1Br. The summed E-state index contributed by atoms with van der Waals surface area (Å²) in [4.78, 5) is 10.9. The van der Waals surface area contributed by atoms with Crippen molar-refractivity contribution in [1.29, 1.82) is 0 Å².